The van der Waals surface area contributed by atoms with Crippen molar-refractivity contribution in [2.45, 2.75) is 6.92 Å². The minimum atomic E-state index is -4.30. The number of para-hydroxylation sites is 1. The highest BCUT2D eigenvalue weighted by Gasteiger charge is 2.19. The molecule has 0 aliphatic rings. The van der Waals surface area contributed by atoms with E-state index in [1.807, 2.05) is 4.72 Å². The van der Waals surface area contributed by atoms with Gasteiger partial charge in [0.05, 0.1) is 18.4 Å². The van der Waals surface area contributed by atoms with E-state index in [0.29, 0.717) is 11.4 Å². The standard InChI is InChI=1S/C17H21N5O5S/c1-11-9-12(27-4)10-15(18-11)19-17(24)21-28(25,26)20-14-8-6-5-7-13(14)16(23)22(2)3/h5-10,20H,1-4H3,(H2,18,19,21,24). The summed E-state index contributed by atoms with van der Waals surface area (Å²) in [5.74, 6) is 0.187. The van der Waals surface area contributed by atoms with E-state index in [9.17, 15) is 18.0 Å². The molecule has 3 N–H and O–H groups in total. The molecule has 0 fully saturated rings. The summed E-state index contributed by atoms with van der Waals surface area (Å²) < 4.78 is 33.6. The number of aromatic nitrogens is 1. The summed E-state index contributed by atoms with van der Waals surface area (Å²) in [6.45, 7) is 1.70. The molecule has 28 heavy (non-hydrogen) atoms. The number of aryl methyl sites for hydroxylation is 1. The highest BCUT2D eigenvalue weighted by Crippen LogP contribution is 2.18. The molecular formula is C17H21N5O5S. The lowest BCUT2D eigenvalue weighted by atomic mass is 10.1. The number of ether oxygens (including phenoxy) is 1. The van der Waals surface area contributed by atoms with Crippen LogP contribution in [0.5, 0.6) is 5.75 Å². The minimum Gasteiger partial charge on any atom is -0.497 e. The molecule has 1 aromatic carbocycles. The van der Waals surface area contributed by atoms with Crippen molar-refractivity contribution in [2.75, 3.05) is 31.2 Å². The number of hydrogen-bond acceptors (Lipinski definition) is 6. The number of hydrogen-bond donors (Lipinski definition) is 3. The van der Waals surface area contributed by atoms with Gasteiger partial charge in [0.15, 0.2) is 0 Å². The number of carbonyl (C=O) groups excluding carboxylic acids is 2. The van der Waals surface area contributed by atoms with Crippen molar-refractivity contribution in [3.8, 4) is 5.75 Å². The first kappa shape index (κ1) is 21.0. The fourth-order valence-electron chi connectivity index (χ4n) is 2.25. The molecule has 3 amide bonds. The second-order valence-electron chi connectivity index (χ2n) is 5.94. The number of benzene rings is 1. The molecule has 150 valence electrons. The van der Waals surface area contributed by atoms with Gasteiger partial charge >= 0.3 is 16.2 Å². The fourth-order valence-corrected chi connectivity index (χ4v) is 3.07. The number of methoxy groups -OCH3 is 1. The van der Waals surface area contributed by atoms with Crippen LogP contribution in [0, 0.1) is 6.92 Å². The fraction of sp³-hybridized carbons (Fsp3) is 0.235. The monoisotopic (exact) mass is 407 g/mol. The van der Waals surface area contributed by atoms with Crippen LogP contribution in [0.2, 0.25) is 0 Å². The van der Waals surface area contributed by atoms with Gasteiger partial charge in [0.1, 0.15) is 11.6 Å². The molecule has 0 saturated heterocycles. The third-order valence-corrected chi connectivity index (χ3v) is 4.38. The second kappa shape index (κ2) is 8.57. The molecule has 0 atom stereocenters. The van der Waals surface area contributed by atoms with Gasteiger partial charge in [0, 0.05) is 31.9 Å². The van der Waals surface area contributed by atoms with E-state index >= 15 is 0 Å². The lowest BCUT2D eigenvalue weighted by Crippen LogP contribution is -2.39. The molecule has 0 saturated carbocycles. The van der Waals surface area contributed by atoms with Crippen LogP contribution in [-0.4, -0.2) is 51.4 Å². The Labute approximate surface area is 163 Å². The minimum absolute atomic E-state index is 0.0387. The first-order valence-electron chi connectivity index (χ1n) is 8.06. The maximum Gasteiger partial charge on any atom is 0.335 e. The lowest BCUT2D eigenvalue weighted by molar-refractivity contribution is 0.0828. The third-order valence-electron chi connectivity index (χ3n) is 3.44. The Morgan fingerprint density at radius 2 is 1.82 bits per heavy atom. The Bertz CT molecular complexity index is 991. The Kier molecular flexibility index (Phi) is 6.41. The van der Waals surface area contributed by atoms with Crippen LogP contribution in [0.25, 0.3) is 0 Å². The largest absolute Gasteiger partial charge is 0.497 e. The molecule has 11 heteroatoms. The number of nitrogens with zero attached hydrogens (tertiary/aromatic N) is 2. The van der Waals surface area contributed by atoms with E-state index in [1.165, 1.54) is 30.2 Å². The van der Waals surface area contributed by atoms with Crippen LogP contribution in [0.3, 0.4) is 0 Å². The zero-order valence-corrected chi connectivity index (χ0v) is 16.6. The number of pyridine rings is 1. The number of urea groups is 1. The number of rotatable bonds is 6. The van der Waals surface area contributed by atoms with E-state index in [4.69, 9.17) is 4.74 Å². The van der Waals surface area contributed by atoms with Crippen LogP contribution in [-0.2, 0) is 10.2 Å². The van der Waals surface area contributed by atoms with E-state index in [1.54, 1.807) is 39.2 Å². The number of amides is 3. The lowest BCUT2D eigenvalue weighted by Gasteiger charge is -2.16. The Morgan fingerprint density at radius 3 is 2.46 bits per heavy atom. The second-order valence-corrected chi connectivity index (χ2v) is 7.36. The van der Waals surface area contributed by atoms with Gasteiger partial charge in [-0.1, -0.05) is 12.1 Å². The number of anilines is 2. The summed E-state index contributed by atoms with van der Waals surface area (Å²) >= 11 is 0. The van der Waals surface area contributed by atoms with Gasteiger partial charge in [0.2, 0.25) is 0 Å². The van der Waals surface area contributed by atoms with Gasteiger partial charge in [-0.25, -0.2) is 14.5 Å². The molecule has 1 aromatic heterocycles. The zero-order valence-electron chi connectivity index (χ0n) is 15.8. The van der Waals surface area contributed by atoms with Crippen molar-refractivity contribution in [3.05, 3.63) is 47.7 Å². The maximum absolute atomic E-state index is 12.3. The highest BCUT2D eigenvalue weighted by atomic mass is 32.2. The Balaban J connectivity index is 2.13. The molecule has 0 spiro atoms. The average molecular weight is 407 g/mol. The van der Waals surface area contributed by atoms with Crippen LogP contribution in [0.4, 0.5) is 16.3 Å². The Hall–Kier alpha value is -3.34. The summed E-state index contributed by atoms with van der Waals surface area (Å²) in [6.07, 6.45) is 0. The smallest absolute Gasteiger partial charge is 0.335 e. The van der Waals surface area contributed by atoms with Crippen molar-refractivity contribution < 1.29 is 22.7 Å². The number of nitrogens with one attached hydrogen (secondary N) is 3. The summed E-state index contributed by atoms with van der Waals surface area (Å²) in [7, 11) is 0.243. The van der Waals surface area contributed by atoms with Crippen LogP contribution >= 0.6 is 0 Å². The molecule has 0 aliphatic carbocycles. The van der Waals surface area contributed by atoms with E-state index in [0.717, 1.165) is 0 Å². The topological polar surface area (TPSA) is 130 Å². The number of carbonyl (C=O) groups is 2. The van der Waals surface area contributed by atoms with E-state index < -0.39 is 16.2 Å². The van der Waals surface area contributed by atoms with Crippen molar-refractivity contribution in [1.82, 2.24) is 14.6 Å². The maximum atomic E-state index is 12.3. The summed E-state index contributed by atoms with van der Waals surface area (Å²) in [5, 5.41) is 2.32. The SMILES string of the molecule is COc1cc(C)nc(NC(=O)NS(=O)(=O)Nc2ccccc2C(=O)N(C)C)c1. The van der Waals surface area contributed by atoms with Crippen molar-refractivity contribution in [3.63, 3.8) is 0 Å². The molecule has 10 nitrogen and oxygen atoms in total. The molecule has 0 aliphatic heterocycles. The quantitative estimate of drug-likeness (QED) is 0.667. The molecule has 0 bridgehead atoms. The average Bonchev–Trinajstić information content (AvgIpc) is 2.59. The molecule has 2 aromatic rings. The summed E-state index contributed by atoms with van der Waals surface area (Å²) in [6, 6.07) is 8.13. The van der Waals surface area contributed by atoms with Crippen LogP contribution in [0.1, 0.15) is 16.1 Å². The van der Waals surface area contributed by atoms with Crippen LogP contribution in [0.15, 0.2) is 36.4 Å². The van der Waals surface area contributed by atoms with Gasteiger partial charge in [-0.3, -0.25) is 14.8 Å². The molecule has 0 radical (unpaired) electrons. The summed E-state index contributed by atoms with van der Waals surface area (Å²) in [5.41, 5.74) is 0.756. The predicted molar refractivity (Wildman–Crippen MR) is 105 cm³/mol. The van der Waals surface area contributed by atoms with Crippen molar-refractivity contribution >= 4 is 33.7 Å². The summed E-state index contributed by atoms with van der Waals surface area (Å²) in [4.78, 5) is 29.6. The normalized spacial score (nSPS) is 10.7. The van der Waals surface area contributed by atoms with Crippen LogP contribution < -0.4 is 19.5 Å². The molecular weight excluding hydrogens is 386 g/mol. The molecule has 1 heterocycles. The predicted octanol–water partition coefficient (Wildman–Crippen LogP) is 1.58. The van der Waals surface area contributed by atoms with Gasteiger partial charge in [-0.2, -0.15) is 8.42 Å². The van der Waals surface area contributed by atoms with E-state index in [2.05, 4.69) is 15.0 Å². The molecule has 0 unspecified atom stereocenters. The zero-order chi connectivity index (χ0) is 20.9. The van der Waals surface area contributed by atoms with Gasteiger partial charge in [-0.15, -0.1) is 0 Å². The first-order chi connectivity index (χ1) is 13.1. The third kappa shape index (κ3) is 5.58. The first-order valence-corrected chi connectivity index (χ1v) is 9.54. The Morgan fingerprint density at radius 1 is 1.14 bits per heavy atom. The molecule has 2 rings (SSSR count). The highest BCUT2D eigenvalue weighted by molar-refractivity contribution is 7.91. The van der Waals surface area contributed by atoms with Gasteiger partial charge in [-0.05, 0) is 19.1 Å². The van der Waals surface area contributed by atoms with Gasteiger partial charge < -0.3 is 9.64 Å². The van der Waals surface area contributed by atoms with Crippen molar-refractivity contribution in [1.29, 1.82) is 0 Å². The van der Waals surface area contributed by atoms with Crippen molar-refractivity contribution in [2.24, 2.45) is 0 Å². The van der Waals surface area contributed by atoms with Gasteiger partial charge in [0.25, 0.3) is 5.91 Å². The van der Waals surface area contributed by atoms with E-state index in [-0.39, 0.29) is 23.0 Å².